The van der Waals surface area contributed by atoms with E-state index < -0.39 is 5.54 Å². The molecule has 0 aromatic carbocycles. The largest absolute Gasteiger partial charge is 0.377 e. The van der Waals surface area contributed by atoms with Gasteiger partial charge in [-0.3, -0.25) is 5.10 Å². The van der Waals surface area contributed by atoms with Gasteiger partial charge in [0.15, 0.2) is 0 Å². The third-order valence-corrected chi connectivity index (χ3v) is 5.42. The van der Waals surface area contributed by atoms with Crippen LogP contribution >= 0.6 is 0 Å². The number of aromatic amines is 1. The second-order valence-corrected chi connectivity index (χ2v) is 7.16. The molecule has 0 radical (unpaired) electrons. The van der Waals surface area contributed by atoms with Crippen LogP contribution < -0.4 is 10.2 Å². The van der Waals surface area contributed by atoms with Crippen molar-refractivity contribution in [2.75, 3.05) is 30.0 Å². The van der Waals surface area contributed by atoms with Gasteiger partial charge in [-0.25, -0.2) is 11.6 Å². The van der Waals surface area contributed by atoms with Crippen LogP contribution in [0.4, 0.5) is 17.5 Å². The molecule has 136 valence electrons. The van der Waals surface area contributed by atoms with Gasteiger partial charge in [0.1, 0.15) is 17.5 Å². The molecule has 2 aromatic rings. The lowest BCUT2D eigenvalue weighted by atomic mass is 9.89. The van der Waals surface area contributed by atoms with E-state index in [0.29, 0.717) is 13.2 Å². The van der Waals surface area contributed by atoms with Crippen molar-refractivity contribution >= 4 is 17.5 Å². The predicted molar refractivity (Wildman–Crippen MR) is 100 cm³/mol. The standard InChI is InChI=1S/C19H24N6O/c1-14-13-26-10-9-25(14)18-12-15(19(20-2)6-3-4-7-19)11-17(23-18)22-16-5-8-21-24-16/h5,8,11-12,14H,3-4,6-7,9-10,13H2,1H3,(H2,21,22,23,24)/t14-/m1/s1. The van der Waals surface area contributed by atoms with Crippen LogP contribution in [0.3, 0.4) is 0 Å². The average molecular weight is 352 g/mol. The van der Waals surface area contributed by atoms with Gasteiger partial charge in [-0.1, -0.05) is 0 Å². The van der Waals surface area contributed by atoms with Crippen LogP contribution in [0.1, 0.15) is 38.2 Å². The Labute approximate surface area is 153 Å². The summed E-state index contributed by atoms with van der Waals surface area (Å²) < 4.78 is 5.57. The van der Waals surface area contributed by atoms with Crippen LogP contribution in [0.15, 0.2) is 24.4 Å². The number of nitrogens with one attached hydrogen (secondary N) is 2. The van der Waals surface area contributed by atoms with Crippen molar-refractivity contribution < 1.29 is 4.74 Å². The number of anilines is 3. The fraction of sp³-hybridized carbons (Fsp3) is 0.526. The normalized spacial score (nSPS) is 22.2. The molecule has 1 saturated carbocycles. The Hall–Kier alpha value is -2.59. The molecular formula is C19H24N6O. The smallest absolute Gasteiger partial charge is 0.257 e. The zero-order valence-corrected chi connectivity index (χ0v) is 15.0. The summed E-state index contributed by atoms with van der Waals surface area (Å²) in [5.74, 6) is 2.45. The van der Waals surface area contributed by atoms with Crippen molar-refractivity contribution in [1.82, 2.24) is 15.2 Å². The van der Waals surface area contributed by atoms with E-state index in [-0.39, 0.29) is 6.04 Å². The molecule has 2 N–H and O–H groups in total. The van der Waals surface area contributed by atoms with Gasteiger partial charge >= 0.3 is 0 Å². The van der Waals surface area contributed by atoms with Gasteiger partial charge in [-0.05, 0) is 31.9 Å². The van der Waals surface area contributed by atoms with Crippen LogP contribution in [0.2, 0.25) is 0 Å². The first kappa shape index (κ1) is 16.9. The number of aromatic nitrogens is 3. The van der Waals surface area contributed by atoms with Crippen LogP contribution in [0, 0.1) is 6.57 Å². The van der Waals surface area contributed by atoms with Crippen molar-refractivity contribution in [2.45, 2.75) is 44.2 Å². The number of H-pyrrole nitrogens is 1. The van der Waals surface area contributed by atoms with Crippen LogP contribution in [0.5, 0.6) is 0 Å². The monoisotopic (exact) mass is 352 g/mol. The minimum atomic E-state index is -0.419. The Morgan fingerprint density at radius 3 is 2.92 bits per heavy atom. The third kappa shape index (κ3) is 3.13. The summed E-state index contributed by atoms with van der Waals surface area (Å²) in [6.07, 6.45) is 5.76. The van der Waals surface area contributed by atoms with E-state index in [1.165, 1.54) is 0 Å². The molecule has 2 aliphatic rings. The number of rotatable bonds is 4. The SMILES string of the molecule is [C-]#[N+]C1(c2cc(Nc3ccn[nH]3)nc(N3CCOC[C@H]3C)c2)CCCC1. The number of pyridine rings is 1. The highest BCUT2D eigenvalue weighted by molar-refractivity contribution is 5.59. The molecule has 7 nitrogen and oxygen atoms in total. The van der Waals surface area contributed by atoms with E-state index in [2.05, 4.69) is 38.2 Å². The molecule has 2 fully saturated rings. The molecule has 0 bridgehead atoms. The van der Waals surface area contributed by atoms with E-state index in [0.717, 1.165) is 55.2 Å². The molecule has 4 rings (SSSR count). The zero-order valence-electron chi connectivity index (χ0n) is 15.0. The molecule has 0 unspecified atom stereocenters. The first-order valence-corrected chi connectivity index (χ1v) is 9.22. The lowest BCUT2D eigenvalue weighted by molar-refractivity contribution is 0.0985. The van der Waals surface area contributed by atoms with E-state index in [1.54, 1.807) is 6.20 Å². The lowest BCUT2D eigenvalue weighted by Crippen LogP contribution is -2.44. The highest BCUT2D eigenvalue weighted by Gasteiger charge is 2.43. The van der Waals surface area contributed by atoms with Crippen molar-refractivity contribution in [3.05, 3.63) is 41.4 Å². The van der Waals surface area contributed by atoms with Gasteiger partial charge in [-0.2, -0.15) is 5.10 Å². The number of hydrogen-bond acceptors (Lipinski definition) is 5. The molecule has 26 heavy (non-hydrogen) atoms. The Bertz CT molecular complexity index is 791. The zero-order chi connectivity index (χ0) is 18.0. The van der Waals surface area contributed by atoms with E-state index in [4.69, 9.17) is 16.3 Å². The van der Waals surface area contributed by atoms with Gasteiger partial charge < -0.3 is 19.8 Å². The molecule has 1 atom stereocenters. The second-order valence-electron chi connectivity index (χ2n) is 7.16. The minimum absolute atomic E-state index is 0.263. The van der Waals surface area contributed by atoms with E-state index >= 15 is 0 Å². The van der Waals surface area contributed by atoms with Gasteiger partial charge in [-0.15, -0.1) is 0 Å². The second kappa shape index (κ2) is 6.96. The minimum Gasteiger partial charge on any atom is -0.377 e. The fourth-order valence-corrected chi connectivity index (χ4v) is 3.95. The Morgan fingerprint density at radius 1 is 1.38 bits per heavy atom. The molecular weight excluding hydrogens is 328 g/mol. The maximum absolute atomic E-state index is 7.84. The molecule has 0 amide bonds. The summed E-state index contributed by atoms with van der Waals surface area (Å²) in [6, 6.07) is 6.27. The molecule has 1 saturated heterocycles. The summed E-state index contributed by atoms with van der Waals surface area (Å²) in [5.41, 5.74) is 0.646. The highest BCUT2D eigenvalue weighted by atomic mass is 16.5. The quantitative estimate of drug-likeness (QED) is 0.825. The van der Waals surface area contributed by atoms with Gasteiger partial charge in [0, 0.05) is 31.0 Å². The molecule has 1 aliphatic carbocycles. The molecule has 1 aliphatic heterocycles. The number of morpholine rings is 1. The average Bonchev–Trinajstić information content (AvgIpc) is 3.34. The highest BCUT2D eigenvalue weighted by Crippen LogP contribution is 2.44. The first-order valence-electron chi connectivity index (χ1n) is 9.22. The fourth-order valence-electron chi connectivity index (χ4n) is 3.95. The molecule has 3 heterocycles. The summed E-state index contributed by atoms with van der Waals surface area (Å²) >= 11 is 0. The Kier molecular flexibility index (Phi) is 4.51. The van der Waals surface area contributed by atoms with Gasteiger partial charge in [0.2, 0.25) is 0 Å². The van der Waals surface area contributed by atoms with Crippen molar-refractivity contribution in [2.24, 2.45) is 0 Å². The lowest BCUT2D eigenvalue weighted by Gasteiger charge is -2.35. The molecule has 7 heteroatoms. The summed E-state index contributed by atoms with van der Waals surface area (Å²) in [6.45, 7) is 12.2. The maximum atomic E-state index is 7.84. The van der Waals surface area contributed by atoms with Crippen LogP contribution in [-0.4, -0.2) is 41.0 Å². The van der Waals surface area contributed by atoms with Gasteiger partial charge in [0.05, 0.1) is 25.5 Å². The summed E-state index contributed by atoms with van der Waals surface area (Å²) in [7, 11) is 0. The Morgan fingerprint density at radius 2 is 2.23 bits per heavy atom. The molecule has 2 aromatic heterocycles. The number of hydrogen-bond donors (Lipinski definition) is 2. The van der Waals surface area contributed by atoms with Crippen molar-refractivity contribution in [1.29, 1.82) is 0 Å². The van der Waals surface area contributed by atoms with Crippen molar-refractivity contribution in [3.63, 3.8) is 0 Å². The Balaban J connectivity index is 1.75. The van der Waals surface area contributed by atoms with Crippen LogP contribution in [0.25, 0.3) is 4.85 Å². The van der Waals surface area contributed by atoms with E-state index in [1.807, 2.05) is 12.1 Å². The predicted octanol–water partition coefficient (Wildman–Crippen LogP) is 3.46. The van der Waals surface area contributed by atoms with Crippen molar-refractivity contribution in [3.8, 4) is 0 Å². The third-order valence-electron chi connectivity index (χ3n) is 5.42. The number of ether oxygens (including phenoxy) is 1. The van der Waals surface area contributed by atoms with E-state index in [9.17, 15) is 0 Å². The maximum Gasteiger partial charge on any atom is 0.257 e. The summed E-state index contributed by atoms with van der Waals surface area (Å²) in [5, 5.41) is 10.2. The van der Waals surface area contributed by atoms with Crippen LogP contribution in [-0.2, 0) is 10.3 Å². The van der Waals surface area contributed by atoms with Gasteiger partial charge in [0.25, 0.3) is 5.54 Å². The summed E-state index contributed by atoms with van der Waals surface area (Å²) in [4.78, 5) is 11.2. The first-order chi connectivity index (χ1) is 12.7. The molecule has 0 spiro atoms. The number of nitrogens with zero attached hydrogens (tertiary/aromatic N) is 4. The topological polar surface area (TPSA) is 70.4 Å².